The quantitative estimate of drug-likeness (QED) is 0.813. The molecule has 1 aromatic carbocycles. The third-order valence-electron chi connectivity index (χ3n) is 3.51. The highest BCUT2D eigenvalue weighted by molar-refractivity contribution is 5.41. The number of fused-ring (bicyclic) bond motifs is 1. The molecule has 1 heterocycles. The van der Waals surface area contributed by atoms with Crippen LogP contribution in [0.25, 0.3) is 0 Å². The minimum Gasteiger partial charge on any atom is -0.355 e. The number of imidazole rings is 1. The molecule has 18 heavy (non-hydrogen) atoms. The smallest absolute Gasteiger partial charge is 0.203 e. The van der Waals surface area contributed by atoms with Crippen LogP contribution in [0, 0.1) is 0 Å². The predicted molar refractivity (Wildman–Crippen MR) is 73.8 cm³/mol. The van der Waals surface area contributed by atoms with Crippen LogP contribution in [0.2, 0.25) is 0 Å². The van der Waals surface area contributed by atoms with Crippen molar-refractivity contribution in [2.75, 3.05) is 11.9 Å². The van der Waals surface area contributed by atoms with E-state index < -0.39 is 0 Å². The molecule has 0 aliphatic heterocycles. The van der Waals surface area contributed by atoms with Crippen molar-refractivity contribution in [2.45, 2.75) is 18.9 Å². The highest BCUT2D eigenvalue weighted by Crippen LogP contribution is 2.34. The number of hydrogen-bond acceptors (Lipinski definition) is 2. The van der Waals surface area contributed by atoms with Gasteiger partial charge in [0.2, 0.25) is 5.95 Å². The van der Waals surface area contributed by atoms with Gasteiger partial charge in [-0.25, -0.2) is 4.98 Å². The number of allylic oxidation sites excluding steroid dienone is 1. The largest absolute Gasteiger partial charge is 0.355 e. The van der Waals surface area contributed by atoms with Crippen molar-refractivity contribution in [3.8, 4) is 0 Å². The lowest BCUT2D eigenvalue weighted by Crippen LogP contribution is -2.25. The number of aromatic nitrogens is 2. The summed E-state index contributed by atoms with van der Waals surface area (Å²) in [6.45, 7) is 5.50. The van der Waals surface area contributed by atoms with E-state index in [0.29, 0.717) is 5.92 Å². The average Bonchev–Trinajstić information content (AvgIpc) is 2.79. The molecule has 92 valence electrons. The second-order valence-electron chi connectivity index (χ2n) is 4.67. The van der Waals surface area contributed by atoms with Gasteiger partial charge in [0.15, 0.2) is 0 Å². The van der Waals surface area contributed by atoms with Crippen LogP contribution in [-0.4, -0.2) is 16.1 Å². The van der Waals surface area contributed by atoms with E-state index in [1.54, 1.807) is 0 Å². The van der Waals surface area contributed by atoms with E-state index in [1.165, 1.54) is 17.5 Å². The number of anilines is 1. The van der Waals surface area contributed by atoms with E-state index in [9.17, 15) is 0 Å². The first kappa shape index (κ1) is 11.1. The Hall–Kier alpha value is -2.03. The fourth-order valence-electron chi connectivity index (χ4n) is 2.52. The molecule has 1 aliphatic rings. The third-order valence-corrected chi connectivity index (χ3v) is 3.51. The summed E-state index contributed by atoms with van der Waals surface area (Å²) in [5, 5.41) is 3.42. The van der Waals surface area contributed by atoms with E-state index in [2.05, 4.69) is 45.7 Å². The first-order valence-electron chi connectivity index (χ1n) is 6.32. The first-order valence-corrected chi connectivity index (χ1v) is 6.32. The van der Waals surface area contributed by atoms with Gasteiger partial charge >= 0.3 is 0 Å². The van der Waals surface area contributed by atoms with Crippen LogP contribution in [0.1, 0.15) is 17.0 Å². The van der Waals surface area contributed by atoms with Gasteiger partial charge in [-0.1, -0.05) is 30.3 Å². The summed E-state index contributed by atoms with van der Waals surface area (Å²) >= 11 is 0. The number of hydrogen-bond donors (Lipinski definition) is 1. The summed E-state index contributed by atoms with van der Waals surface area (Å²) in [4.78, 5) is 4.33. The molecule has 3 heteroatoms. The Morgan fingerprint density at radius 2 is 2.33 bits per heavy atom. The SMILES string of the molecule is C=CCn1ccnc1NCC1Cc2ccccc21. The number of nitrogens with zero attached hydrogens (tertiary/aromatic N) is 2. The summed E-state index contributed by atoms with van der Waals surface area (Å²) in [7, 11) is 0. The summed E-state index contributed by atoms with van der Waals surface area (Å²) in [6.07, 6.45) is 6.84. The van der Waals surface area contributed by atoms with Crippen LogP contribution >= 0.6 is 0 Å². The van der Waals surface area contributed by atoms with Gasteiger partial charge in [-0.15, -0.1) is 6.58 Å². The lowest BCUT2D eigenvalue weighted by Gasteiger charge is -2.30. The summed E-state index contributed by atoms with van der Waals surface area (Å²) in [6, 6.07) is 8.66. The van der Waals surface area contributed by atoms with Gasteiger partial charge in [0, 0.05) is 31.4 Å². The van der Waals surface area contributed by atoms with Crippen LogP contribution in [0.4, 0.5) is 5.95 Å². The molecule has 3 rings (SSSR count). The van der Waals surface area contributed by atoms with E-state index >= 15 is 0 Å². The van der Waals surface area contributed by atoms with Gasteiger partial charge in [0.25, 0.3) is 0 Å². The van der Waals surface area contributed by atoms with Crippen molar-refractivity contribution in [3.63, 3.8) is 0 Å². The monoisotopic (exact) mass is 239 g/mol. The van der Waals surface area contributed by atoms with Gasteiger partial charge in [-0.05, 0) is 17.5 Å². The number of benzene rings is 1. The minimum absolute atomic E-state index is 0.620. The molecular formula is C15H17N3. The van der Waals surface area contributed by atoms with Gasteiger partial charge < -0.3 is 9.88 Å². The zero-order valence-electron chi connectivity index (χ0n) is 10.3. The molecule has 0 fully saturated rings. The molecule has 1 aliphatic carbocycles. The molecule has 1 unspecified atom stereocenters. The van der Waals surface area contributed by atoms with Crippen molar-refractivity contribution in [1.82, 2.24) is 9.55 Å². The highest BCUT2D eigenvalue weighted by Gasteiger charge is 2.25. The van der Waals surface area contributed by atoms with Gasteiger partial charge in [0.1, 0.15) is 0 Å². The standard InChI is InChI=1S/C15H17N3/c1-2-8-18-9-7-16-15(18)17-11-13-10-12-5-3-4-6-14(12)13/h2-7,9,13H,1,8,10-11H2,(H,16,17). The Balaban J connectivity index is 1.63. The molecule has 0 saturated carbocycles. The summed E-state index contributed by atoms with van der Waals surface area (Å²) in [5.41, 5.74) is 2.96. The molecule has 2 aromatic rings. The second-order valence-corrected chi connectivity index (χ2v) is 4.67. The molecular weight excluding hydrogens is 222 g/mol. The van der Waals surface area contributed by atoms with E-state index in [4.69, 9.17) is 0 Å². The zero-order chi connectivity index (χ0) is 12.4. The highest BCUT2D eigenvalue weighted by atomic mass is 15.2. The maximum atomic E-state index is 4.33. The second kappa shape index (κ2) is 4.69. The van der Waals surface area contributed by atoms with Gasteiger partial charge in [-0.3, -0.25) is 0 Å². The topological polar surface area (TPSA) is 29.9 Å². The fourth-order valence-corrected chi connectivity index (χ4v) is 2.52. The van der Waals surface area contributed by atoms with E-state index in [0.717, 1.165) is 19.0 Å². The molecule has 0 amide bonds. The normalized spacial score (nSPS) is 16.8. The van der Waals surface area contributed by atoms with Gasteiger partial charge in [-0.2, -0.15) is 0 Å². The maximum absolute atomic E-state index is 4.33. The van der Waals surface area contributed by atoms with Crippen LogP contribution in [0.15, 0.2) is 49.3 Å². The van der Waals surface area contributed by atoms with Crippen molar-refractivity contribution >= 4 is 5.95 Å². The molecule has 1 N–H and O–H groups in total. The molecule has 1 aromatic heterocycles. The predicted octanol–water partition coefficient (Wildman–Crippen LogP) is 2.82. The van der Waals surface area contributed by atoms with Crippen molar-refractivity contribution in [3.05, 3.63) is 60.4 Å². The summed E-state index contributed by atoms with van der Waals surface area (Å²) < 4.78 is 2.07. The van der Waals surface area contributed by atoms with E-state index in [1.807, 2.05) is 18.5 Å². The van der Waals surface area contributed by atoms with Crippen LogP contribution in [0.3, 0.4) is 0 Å². The zero-order valence-corrected chi connectivity index (χ0v) is 10.3. The maximum Gasteiger partial charge on any atom is 0.203 e. The molecule has 0 saturated heterocycles. The summed E-state index contributed by atoms with van der Waals surface area (Å²) in [5.74, 6) is 1.55. The molecule has 0 radical (unpaired) electrons. The molecule has 0 spiro atoms. The first-order chi connectivity index (χ1) is 8.88. The number of nitrogens with one attached hydrogen (secondary N) is 1. The van der Waals surface area contributed by atoms with Crippen LogP contribution < -0.4 is 5.32 Å². The Kier molecular flexibility index (Phi) is 2.89. The lowest BCUT2D eigenvalue weighted by atomic mass is 9.78. The Morgan fingerprint density at radius 3 is 3.17 bits per heavy atom. The van der Waals surface area contributed by atoms with Crippen molar-refractivity contribution in [1.29, 1.82) is 0 Å². The number of rotatable bonds is 5. The van der Waals surface area contributed by atoms with Crippen molar-refractivity contribution in [2.24, 2.45) is 0 Å². The lowest BCUT2D eigenvalue weighted by molar-refractivity contribution is 0.630. The van der Waals surface area contributed by atoms with Crippen molar-refractivity contribution < 1.29 is 0 Å². The molecule has 1 atom stereocenters. The third kappa shape index (κ3) is 1.92. The Labute approximate surface area is 107 Å². The Morgan fingerprint density at radius 1 is 1.44 bits per heavy atom. The molecule has 3 nitrogen and oxygen atoms in total. The van der Waals surface area contributed by atoms with E-state index in [-0.39, 0.29) is 0 Å². The minimum atomic E-state index is 0.620. The average molecular weight is 239 g/mol. The Bertz CT molecular complexity index is 556. The molecule has 0 bridgehead atoms. The van der Waals surface area contributed by atoms with Crippen LogP contribution in [0.5, 0.6) is 0 Å². The van der Waals surface area contributed by atoms with Crippen LogP contribution in [-0.2, 0) is 13.0 Å². The van der Waals surface area contributed by atoms with Gasteiger partial charge in [0.05, 0.1) is 0 Å². The fraction of sp³-hybridized carbons (Fsp3) is 0.267.